The Bertz CT molecular complexity index is 407. The van der Waals surface area contributed by atoms with E-state index in [2.05, 4.69) is 15.9 Å². The number of nitrogens with zero attached hydrogens (tertiary/aromatic N) is 1. The number of alkyl halides is 4. The van der Waals surface area contributed by atoms with Gasteiger partial charge in [0.25, 0.3) is 0 Å². The van der Waals surface area contributed by atoms with Crippen LogP contribution in [0, 0.1) is 0 Å². The van der Waals surface area contributed by atoms with Crippen molar-refractivity contribution in [2.75, 3.05) is 11.4 Å². The van der Waals surface area contributed by atoms with Crippen LogP contribution in [0.3, 0.4) is 0 Å². The van der Waals surface area contributed by atoms with Gasteiger partial charge in [0, 0.05) is 11.4 Å². The van der Waals surface area contributed by atoms with Crippen molar-refractivity contribution in [1.29, 1.82) is 0 Å². The van der Waals surface area contributed by atoms with E-state index in [1.54, 1.807) is 32.0 Å². The summed E-state index contributed by atoms with van der Waals surface area (Å²) >= 11 is 9.32. The zero-order chi connectivity index (χ0) is 13.9. The molecule has 0 fully saturated rings. The van der Waals surface area contributed by atoms with Crippen LogP contribution in [0.5, 0.6) is 0 Å². The fourth-order valence-electron chi connectivity index (χ4n) is 1.61. The Balaban J connectivity index is 3.06. The Hall–Kier alpha value is -0.420. The van der Waals surface area contributed by atoms with Crippen LogP contribution in [0.4, 0.5) is 18.9 Å². The number of hydrogen-bond donors (Lipinski definition) is 0. The van der Waals surface area contributed by atoms with Crippen molar-refractivity contribution in [3.8, 4) is 0 Å². The fraction of sp³-hybridized carbons (Fsp3) is 0.500. The van der Waals surface area contributed by atoms with E-state index < -0.39 is 12.7 Å². The Morgan fingerprint density at radius 2 is 1.94 bits per heavy atom. The lowest BCUT2D eigenvalue weighted by Gasteiger charge is -2.30. The summed E-state index contributed by atoms with van der Waals surface area (Å²) in [6.45, 7) is 2.42. The molecular weight excluding hydrogens is 330 g/mol. The van der Waals surface area contributed by atoms with Gasteiger partial charge >= 0.3 is 6.18 Å². The molecule has 1 aromatic carbocycles. The molecule has 0 saturated heterocycles. The quantitative estimate of drug-likeness (QED) is 0.694. The van der Waals surface area contributed by atoms with E-state index in [1.165, 1.54) is 4.90 Å². The van der Waals surface area contributed by atoms with Crippen molar-refractivity contribution in [2.24, 2.45) is 0 Å². The maximum atomic E-state index is 12.5. The second-order valence-electron chi connectivity index (χ2n) is 4.26. The van der Waals surface area contributed by atoms with Crippen LogP contribution in [-0.2, 0) is 5.33 Å². The van der Waals surface area contributed by atoms with E-state index in [0.717, 1.165) is 5.56 Å². The Labute approximate surface area is 118 Å². The molecule has 0 radical (unpaired) electrons. The SMILES string of the molecule is CC(C)N(CC(F)(F)F)c1ccc(CBr)cc1Cl. The van der Waals surface area contributed by atoms with Crippen molar-refractivity contribution in [2.45, 2.75) is 31.4 Å². The van der Waals surface area contributed by atoms with Crippen molar-refractivity contribution in [1.82, 2.24) is 0 Å². The molecule has 0 heterocycles. The van der Waals surface area contributed by atoms with Crippen molar-refractivity contribution in [3.63, 3.8) is 0 Å². The summed E-state index contributed by atoms with van der Waals surface area (Å²) < 4.78 is 37.6. The van der Waals surface area contributed by atoms with Crippen LogP contribution in [0.1, 0.15) is 19.4 Å². The Kier molecular flexibility index (Phi) is 5.34. The third kappa shape index (κ3) is 4.35. The lowest BCUT2D eigenvalue weighted by Crippen LogP contribution is -2.39. The minimum absolute atomic E-state index is 0.279. The molecule has 0 aromatic heterocycles. The molecule has 0 aliphatic rings. The molecule has 6 heteroatoms. The minimum atomic E-state index is -4.25. The van der Waals surface area contributed by atoms with E-state index >= 15 is 0 Å². The standard InChI is InChI=1S/C12H14BrClF3N/c1-8(2)18(7-12(15,16)17)11-4-3-9(6-13)5-10(11)14/h3-5,8H,6-7H2,1-2H3. The molecular formula is C12H14BrClF3N. The predicted octanol–water partition coefficient (Wildman–Crippen LogP) is 5.01. The highest BCUT2D eigenvalue weighted by atomic mass is 79.9. The van der Waals surface area contributed by atoms with Gasteiger partial charge in [-0.1, -0.05) is 33.6 Å². The van der Waals surface area contributed by atoms with Gasteiger partial charge in [0.15, 0.2) is 0 Å². The number of anilines is 1. The van der Waals surface area contributed by atoms with Gasteiger partial charge in [-0.05, 0) is 31.5 Å². The molecule has 1 nitrogen and oxygen atoms in total. The third-order valence-corrected chi connectivity index (χ3v) is 3.40. The largest absolute Gasteiger partial charge is 0.405 e. The average Bonchev–Trinajstić information content (AvgIpc) is 2.24. The van der Waals surface area contributed by atoms with Crippen molar-refractivity contribution >= 4 is 33.2 Å². The first kappa shape index (κ1) is 15.6. The van der Waals surface area contributed by atoms with Crippen LogP contribution in [0.2, 0.25) is 5.02 Å². The summed E-state index contributed by atoms with van der Waals surface area (Å²) in [5, 5.41) is 0.957. The summed E-state index contributed by atoms with van der Waals surface area (Å²) in [5.74, 6) is 0. The number of benzene rings is 1. The first-order chi connectivity index (χ1) is 8.24. The van der Waals surface area contributed by atoms with Crippen LogP contribution in [-0.4, -0.2) is 18.8 Å². The summed E-state index contributed by atoms with van der Waals surface area (Å²) in [6, 6.07) is 4.79. The van der Waals surface area contributed by atoms with Gasteiger partial charge in [-0.2, -0.15) is 13.2 Å². The lowest BCUT2D eigenvalue weighted by atomic mass is 10.2. The smallest absolute Gasteiger partial charge is 0.359 e. The molecule has 1 rings (SSSR count). The maximum absolute atomic E-state index is 12.5. The van der Waals surface area contributed by atoms with Crippen LogP contribution in [0.15, 0.2) is 18.2 Å². The first-order valence-electron chi connectivity index (χ1n) is 5.42. The third-order valence-electron chi connectivity index (χ3n) is 2.45. The second-order valence-corrected chi connectivity index (χ2v) is 5.22. The molecule has 0 saturated carbocycles. The van der Waals surface area contributed by atoms with Gasteiger partial charge in [-0.15, -0.1) is 0 Å². The molecule has 0 N–H and O–H groups in total. The molecule has 0 bridgehead atoms. The van der Waals surface area contributed by atoms with E-state index in [1.807, 2.05) is 0 Å². The Morgan fingerprint density at radius 3 is 2.33 bits per heavy atom. The molecule has 0 amide bonds. The van der Waals surface area contributed by atoms with Gasteiger partial charge in [0.2, 0.25) is 0 Å². The number of hydrogen-bond acceptors (Lipinski definition) is 1. The predicted molar refractivity (Wildman–Crippen MR) is 72.6 cm³/mol. The molecule has 18 heavy (non-hydrogen) atoms. The second kappa shape index (κ2) is 6.15. The van der Waals surface area contributed by atoms with Gasteiger partial charge in [-0.25, -0.2) is 0 Å². The number of rotatable bonds is 4. The fourth-order valence-corrected chi connectivity index (χ4v) is 2.27. The van der Waals surface area contributed by atoms with Crippen molar-refractivity contribution < 1.29 is 13.2 Å². The van der Waals surface area contributed by atoms with Crippen molar-refractivity contribution in [3.05, 3.63) is 28.8 Å². The molecule has 0 atom stereocenters. The molecule has 1 aromatic rings. The lowest BCUT2D eigenvalue weighted by molar-refractivity contribution is -0.120. The molecule has 0 aliphatic carbocycles. The van der Waals surface area contributed by atoms with E-state index in [-0.39, 0.29) is 6.04 Å². The maximum Gasteiger partial charge on any atom is 0.405 e. The van der Waals surface area contributed by atoms with Crippen LogP contribution in [0.25, 0.3) is 0 Å². The average molecular weight is 345 g/mol. The highest BCUT2D eigenvalue weighted by molar-refractivity contribution is 9.08. The zero-order valence-electron chi connectivity index (χ0n) is 10.1. The zero-order valence-corrected chi connectivity index (χ0v) is 12.4. The highest BCUT2D eigenvalue weighted by Crippen LogP contribution is 2.31. The highest BCUT2D eigenvalue weighted by Gasteiger charge is 2.32. The summed E-state index contributed by atoms with van der Waals surface area (Å²) in [4.78, 5) is 1.25. The minimum Gasteiger partial charge on any atom is -0.359 e. The summed E-state index contributed by atoms with van der Waals surface area (Å²) in [6.07, 6.45) is -4.25. The molecule has 0 spiro atoms. The normalized spacial score (nSPS) is 12.0. The molecule has 0 aliphatic heterocycles. The van der Waals surface area contributed by atoms with Gasteiger partial charge in [0.1, 0.15) is 6.54 Å². The van der Waals surface area contributed by atoms with Gasteiger partial charge < -0.3 is 4.90 Å². The van der Waals surface area contributed by atoms with E-state index in [4.69, 9.17) is 11.6 Å². The van der Waals surface area contributed by atoms with Crippen LogP contribution < -0.4 is 4.90 Å². The monoisotopic (exact) mass is 343 g/mol. The topological polar surface area (TPSA) is 3.24 Å². The van der Waals surface area contributed by atoms with Crippen LogP contribution >= 0.6 is 27.5 Å². The van der Waals surface area contributed by atoms with Gasteiger partial charge in [0.05, 0.1) is 10.7 Å². The first-order valence-corrected chi connectivity index (χ1v) is 6.92. The summed E-state index contributed by atoms with van der Waals surface area (Å²) in [5.41, 5.74) is 1.34. The van der Waals surface area contributed by atoms with Gasteiger partial charge in [-0.3, -0.25) is 0 Å². The van der Waals surface area contributed by atoms with E-state index in [0.29, 0.717) is 16.0 Å². The Morgan fingerprint density at radius 1 is 1.33 bits per heavy atom. The molecule has 0 unspecified atom stereocenters. The number of halogens is 5. The summed E-state index contributed by atoms with van der Waals surface area (Å²) in [7, 11) is 0. The van der Waals surface area contributed by atoms with E-state index in [9.17, 15) is 13.2 Å². The molecule has 102 valence electrons.